The number of aryl methyl sites for hydroxylation is 2. The zero-order valence-electron chi connectivity index (χ0n) is 19.2. The molecule has 2 aromatic heterocycles. The van der Waals surface area contributed by atoms with Crippen LogP contribution < -0.4 is 5.32 Å². The van der Waals surface area contributed by atoms with Gasteiger partial charge in [0.05, 0.1) is 25.0 Å². The summed E-state index contributed by atoms with van der Waals surface area (Å²) in [5, 5.41) is 3.92. The summed E-state index contributed by atoms with van der Waals surface area (Å²) in [6.45, 7) is 8.74. The number of aromatic nitrogens is 2. The minimum atomic E-state index is -0.636. The summed E-state index contributed by atoms with van der Waals surface area (Å²) in [5.41, 5.74) is 3.35. The number of likely N-dealkylation sites (tertiary alicyclic amines) is 1. The number of aromatic amines is 1. The van der Waals surface area contributed by atoms with Crippen molar-refractivity contribution in [1.29, 1.82) is 0 Å². The lowest BCUT2D eigenvalue weighted by Gasteiger charge is -2.30. The number of ether oxygens (including phenoxy) is 1. The third kappa shape index (κ3) is 4.11. The van der Waals surface area contributed by atoms with E-state index in [0.29, 0.717) is 6.54 Å². The fourth-order valence-corrected chi connectivity index (χ4v) is 5.46. The molecular weight excluding hydrogens is 424 g/mol. The molecule has 0 unspecified atom stereocenters. The highest BCUT2D eigenvalue weighted by atomic mass is 32.1. The first-order valence-electron chi connectivity index (χ1n) is 11.0. The molecule has 0 saturated carbocycles. The van der Waals surface area contributed by atoms with Crippen LogP contribution in [0.2, 0.25) is 0 Å². The highest BCUT2D eigenvalue weighted by molar-refractivity contribution is 7.19. The molecule has 1 aliphatic heterocycles. The molecule has 0 spiro atoms. The largest absolute Gasteiger partial charge is 0.453 e. The number of alkyl carbamates (subject to hydrolysis) is 1. The van der Waals surface area contributed by atoms with Crippen molar-refractivity contribution >= 4 is 33.4 Å². The number of nitrogens with zero attached hydrogens (tertiary/aromatic N) is 2. The molecule has 2 amide bonds. The van der Waals surface area contributed by atoms with Crippen molar-refractivity contribution in [2.75, 3.05) is 13.7 Å². The lowest BCUT2D eigenvalue weighted by molar-refractivity contribution is -0.135. The summed E-state index contributed by atoms with van der Waals surface area (Å²) in [7, 11) is 1.30. The smallest absolute Gasteiger partial charge is 0.407 e. The number of nitrogens with one attached hydrogen (secondary N) is 2. The summed E-state index contributed by atoms with van der Waals surface area (Å²) in [6, 6.07) is 5.73. The molecule has 0 radical (unpaired) electrons. The number of methoxy groups -OCH3 is 1. The van der Waals surface area contributed by atoms with Gasteiger partial charge in [0, 0.05) is 27.1 Å². The molecule has 1 fully saturated rings. The molecular formula is C24H30N4O3S. The van der Waals surface area contributed by atoms with Gasteiger partial charge in [-0.1, -0.05) is 26.0 Å². The van der Waals surface area contributed by atoms with Crippen LogP contribution in [0, 0.1) is 19.8 Å². The van der Waals surface area contributed by atoms with E-state index in [2.05, 4.69) is 47.3 Å². The van der Waals surface area contributed by atoms with Crippen LogP contribution in [-0.4, -0.2) is 46.6 Å². The average Bonchev–Trinajstić information content (AvgIpc) is 3.50. The van der Waals surface area contributed by atoms with Crippen LogP contribution >= 0.6 is 11.3 Å². The predicted molar refractivity (Wildman–Crippen MR) is 127 cm³/mol. The number of benzene rings is 1. The van der Waals surface area contributed by atoms with E-state index in [9.17, 15) is 9.59 Å². The summed E-state index contributed by atoms with van der Waals surface area (Å²) < 4.78 is 6.01. The van der Waals surface area contributed by atoms with Crippen LogP contribution in [0.4, 0.5) is 4.79 Å². The van der Waals surface area contributed by atoms with Gasteiger partial charge in [-0.15, -0.1) is 11.3 Å². The molecule has 7 nitrogen and oxygen atoms in total. The van der Waals surface area contributed by atoms with Gasteiger partial charge in [0.15, 0.2) is 0 Å². The number of thiophene rings is 1. The number of carbonyl (C=O) groups excluding carboxylic acids is 2. The maximum atomic E-state index is 13.3. The molecule has 1 aliphatic rings. The number of hydrogen-bond donors (Lipinski definition) is 2. The van der Waals surface area contributed by atoms with E-state index in [0.717, 1.165) is 29.9 Å². The highest BCUT2D eigenvalue weighted by Gasteiger charge is 2.37. The molecule has 170 valence electrons. The van der Waals surface area contributed by atoms with E-state index in [1.165, 1.54) is 27.6 Å². The first-order valence-corrected chi connectivity index (χ1v) is 11.8. The van der Waals surface area contributed by atoms with Gasteiger partial charge in [-0.2, -0.15) is 0 Å². The van der Waals surface area contributed by atoms with E-state index in [-0.39, 0.29) is 17.9 Å². The Morgan fingerprint density at radius 1 is 1.31 bits per heavy atom. The first-order chi connectivity index (χ1) is 15.3. The van der Waals surface area contributed by atoms with E-state index in [1.54, 1.807) is 11.3 Å². The van der Waals surface area contributed by atoms with Gasteiger partial charge in [0.2, 0.25) is 5.91 Å². The standard InChI is InChI=1S/C24H30N4O3S/c1-13(2)20(27-24(30)31-5)23(29)28-10-6-7-19(28)22-25-12-18(26-22)16-9-8-14(3)21-17(16)11-15(4)32-21/h8-9,11-13,19-20H,6-7,10H2,1-5H3,(H,25,26)(H,27,30)/t19-,20-/m0/s1. The fourth-order valence-electron chi connectivity index (χ4n) is 4.45. The van der Waals surface area contributed by atoms with Gasteiger partial charge in [-0.25, -0.2) is 9.78 Å². The lowest BCUT2D eigenvalue weighted by atomic mass is 10.0. The van der Waals surface area contributed by atoms with Crippen molar-refractivity contribution in [3.63, 3.8) is 0 Å². The summed E-state index contributed by atoms with van der Waals surface area (Å²) in [4.78, 5) is 36.4. The normalized spacial score (nSPS) is 17.2. The average molecular weight is 455 g/mol. The summed E-state index contributed by atoms with van der Waals surface area (Å²) >= 11 is 1.80. The van der Waals surface area contributed by atoms with Crippen LogP contribution in [0.3, 0.4) is 0 Å². The second-order valence-corrected chi connectivity index (χ2v) is 10.0. The minimum Gasteiger partial charge on any atom is -0.453 e. The Bertz CT molecular complexity index is 1150. The first kappa shape index (κ1) is 22.3. The Kier molecular flexibility index (Phi) is 6.24. The minimum absolute atomic E-state index is 0.0577. The summed E-state index contributed by atoms with van der Waals surface area (Å²) in [6.07, 6.45) is 3.00. The topological polar surface area (TPSA) is 87.3 Å². The number of H-pyrrole nitrogens is 1. The number of imidazole rings is 1. The quantitative estimate of drug-likeness (QED) is 0.571. The highest BCUT2D eigenvalue weighted by Crippen LogP contribution is 2.37. The van der Waals surface area contributed by atoms with E-state index in [1.807, 2.05) is 24.9 Å². The van der Waals surface area contributed by atoms with Crippen LogP contribution in [0.15, 0.2) is 24.4 Å². The van der Waals surface area contributed by atoms with Crippen molar-refractivity contribution in [3.05, 3.63) is 40.7 Å². The van der Waals surface area contributed by atoms with Crippen molar-refractivity contribution in [2.45, 2.75) is 52.6 Å². The third-order valence-electron chi connectivity index (χ3n) is 6.13. The van der Waals surface area contributed by atoms with E-state index >= 15 is 0 Å². The number of rotatable bonds is 5. The molecule has 32 heavy (non-hydrogen) atoms. The van der Waals surface area contributed by atoms with Crippen LogP contribution in [0.1, 0.15) is 49.0 Å². The Hall–Kier alpha value is -2.87. The maximum Gasteiger partial charge on any atom is 0.407 e. The van der Waals surface area contributed by atoms with Gasteiger partial charge >= 0.3 is 6.09 Å². The molecule has 2 N–H and O–H groups in total. The number of fused-ring (bicyclic) bond motifs is 1. The van der Waals surface area contributed by atoms with Crippen molar-refractivity contribution in [2.24, 2.45) is 5.92 Å². The predicted octanol–water partition coefficient (Wildman–Crippen LogP) is 4.95. The molecule has 4 rings (SSSR count). The molecule has 3 aromatic rings. The van der Waals surface area contributed by atoms with Crippen LogP contribution in [0.25, 0.3) is 21.3 Å². The number of amides is 2. The Balaban J connectivity index is 1.62. The van der Waals surface area contributed by atoms with Gasteiger partial charge in [0.1, 0.15) is 11.9 Å². The van der Waals surface area contributed by atoms with E-state index < -0.39 is 12.1 Å². The number of hydrogen-bond acceptors (Lipinski definition) is 5. The van der Waals surface area contributed by atoms with Gasteiger partial charge in [-0.3, -0.25) is 4.79 Å². The molecule has 2 atom stereocenters. The molecule has 0 aliphatic carbocycles. The van der Waals surface area contributed by atoms with Gasteiger partial charge in [0.25, 0.3) is 0 Å². The van der Waals surface area contributed by atoms with Crippen LogP contribution in [0.5, 0.6) is 0 Å². The van der Waals surface area contributed by atoms with Crippen molar-refractivity contribution < 1.29 is 14.3 Å². The molecule has 8 heteroatoms. The molecule has 0 bridgehead atoms. The molecule has 3 heterocycles. The SMILES string of the molecule is COC(=O)N[C@H](C(=O)N1CCC[C@H]1c1ncc(-c2ccc(C)c3sc(C)cc23)[nH]1)C(C)C. The summed E-state index contributed by atoms with van der Waals surface area (Å²) in [5.74, 6) is 0.627. The van der Waals surface area contributed by atoms with Crippen molar-refractivity contribution in [3.8, 4) is 11.3 Å². The lowest BCUT2D eigenvalue weighted by Crippen LogP contribution is -2.51. The Morgan fingerprint density at radius 2 is 2.09 bits per heavy atom. The van der Waals surface area contributed by atoms with E-state index in [4.69, 9.17) is 4.74 Å². The molecule has 1 saturated heterocycles. The fraction of sp³-hybridized carbons (Fsp3) is 0.458. The molecule has 1 aromatic carbocycles. The zero-order valence-corrected chi connectivity index (χ0v) is 20.0. The van der Waals surface area contributed by atoms with Gasteiger partial charge < -0.3 is 19.9 Å². The Labute approximate surface area is 192 Å². The van der Waals surface area contributed by atoms with Crippen molar-refractivity contribution in [1.82, 2.24) is 20.2 Å². The zero-order chi connectivity index (χ0) is 23.0. The Morgan fingerprint density at radius 3 is 2.81 bits per heavy atom. The monoisotopic (exact) mass is 454 g/mol. The second kappa shape index (κ2) is 8.94. The second-order valence-electron chi connectivity index (χ2n) is 8.76. The number of carbonyl (C=O) groups is 2. The maximum absolute atomic E-state index is 13.3. The van der Waals surface area contributed by atoms with Gasteiger partial charge in [-0.05, 0) is 44.2 Å². The third-order valence-corrected chi connectivity index (χ3v) is 7.32. The van der Waals surface area contributed by atoms with Crippen LogP contribution in [-0.2, 0) is 9.53 Å².